The Morgan fingerprint density at radius 1 is 1.10 bits per heavy atom. The van der Waals surface area contributed by atoms with Crippen molar-refractivity contribution in [3.63, 3.8) is 0 Å². The molecule has 0 spiro atoms. The lowest BCUT2D eigenvalue weighted by Crippen LogP contribution is -2.43. The predicted octanol–water partition coefficient (Wildman–Crippen LogP) is 6.89. The van der Waals surface area contributed by atoms with E-state index in [9.17, 15) is 4.79 Å². The van der Waals surface area contributed by atoms with Crippen molar-refractivity contribution < 1.29 is 0 Å². The maximum Gasteiger partial charge on any atom is 0.255 e. The van der Waals surface area contributed by atoms with Crippen molar-refractivity contribution >= 4 is 11.8 Å². The maximum atomic E-state index is 13.4. The van der Waals surface area contributed by atoms with Crippen LogP contribution in [0.1, 0.15) is 89.2 Å². The molecule has 2 aliphatic carbocycles. The summed E-state index contributed by atoms with van der Waals surface area (Å²) in [5.74, 6) is 1.59. The lowest BCUT2D eigenvalue weighted by atomic mass is 9.60. The van der Waals surface area contributed by atoms with E-state index in [1.807, 2.05) is 0 Å². The second kappa shape index (κ2) is 9.72. The van der Waals surface area contributed by atoms with Gasteiger partial charge in [0.1, 0.15) is 0 Å². The minimum atomic E-state index is -0.117. The molecule has 0 saturated heterocycles. The fourth-order valence-corrected chi connectivity index (χ4v) is 6.46. The fourth-order valence-electron chi connectivity index (χ4n) is 5.60. The van der Waals surface area contributed by atoms with Gasteiger partial charge < -0.3 is 4.98 Å². The zero-order valence-corrected chi connectivity index (χ0v) is 19.5. The average molecular weight is 425 g/mol. The number of nitrogens with one attached hydrogen (secondary N) is 1. The lowest BCUT2D eigenvalue weighted by molar-refractivity contribution is 0.213. The van der Waals surface area contributed by atoms with Gasteiger partial charge in [-0.1, -0.05) is 94.8 Å². The maximum absolute atomic E-state index is 13.4. The number of H-pyrrole nitrogens is 1. The van der Waals surface area contributed by atoms with Crippen LogP contribution in [-0.2, 0) is 11.8 Å². The molecule has 4 heteroatoms. The molecule has 1 unspecified atom stereocenters. The molecule has 0 amide bonds. The molecule has 3 nitrogen and oxygen atoms in total. The molecule has 0 radical (unpaired) electrons. The van der Waals surface area contributed by atoms with E-state index >= 15 is 0 Å². The number of unbranched alkanes of at least 4 members (excludes halogenated alkanes) is 4. The van der Waals surface area contributed by atoms with Crippen LogP contribution < -0.4 is 5.56 Å². The first-order valence-corrected chi connectivity index (χ1v) is 13.0. The molecular formula is C26H36N2OS. The Hall–Kier alpha value is -1.55. The van der Waals surface area contributed by atoms with E-state index in [-0.39, 0.29) is 11.0 Å². The van der Waals surface area contributed by atoms with E-state index < -0.39 is 0 Å². The summed E-state index contributed by atoms with van der Waals surface area (Å²) in [5, 5.41) is 0.789. The van der Waals surface area contributed by atoms with Crippen LogP contribution in [0.3, 0.4) is 0 Å². The molecular weight excluding hydrogens is 388 g/mol. The van der Waals surface area contributed by atoms with Gasteiger partial charge in [0.25, 0.3) is 5.56 Å². The van der Waals surface area contributed by atoms with E-state index in [0.717, 1.165) is 34.2 Å². The zero-order chi connectivity index (χ0) is 21.0. The van der Waals surface area contributed by atoms with Crippen LogP contribution in [0, 0.1) is 5.92 Å². The normalized spacial score (nSPS) is 21.3. The Morgan fingerprint density at radius 2 is 1.87 bits per heavy atom. The largest absolute Gasteiger partial charge is 0.301 e. The molecule has 1 N–H and O–H groups in total. The van der Waals surface area contributed by atoms with E-state index in [4.69, 9.17) is 4.98 Å². The monoisotopic (exact) mass is 424 g/mol. The molecule has 1 atom stereocenters. The minimum absolute atomic E-state index is 0.0936. The first-order chi connectivity index (χ1) is 14.6. The van der Waals surface area contributed by atoms with Crippen molar-refractivity contribution in [3.8, 4) is 11.3 Å². The van der Waals surface area contributed by atoms with Crippen molar-refractivity contribution in [2.45, 2.75) is 95.0 Å². The van der Waals surface area contributed by atoms with Crippen molar-refractivity contribution in [3.05, 3.63) is 45.7 Å². The number of hydrogen-bond acceptors (Lipinski definition) is 3. The summed E-state index contributed by atoms with van der Waals surface area (Å²) in [7, 11) is 0. The second-order valence-electron chi connectivity index (χ2n) is 9.44. The predicted molar refractivity (Wildman–Crippen MR) is 127 cm³/mol. The van der Waals surface area contributed by atoms with E-state index in [2.05, 4.69) is 43.1 Å². The van der Waals surface area contributed by atoms with Crippen molar-refractivity contribution in [2.75, 3.05) is 5.75 Å². The lowest BCUT2D eigenvalue weighted by Gasteiger charge is -2.43. The van der Waals surface area contributed by atoms with Gasteiger partial charge in [-0.25, -0.2) is 4.98 Å². The van der Waals surface area contributed by atoms with Crippen molar-refractivity contribution in [2.24, 2.45) is 5.92 Å². The van der Waals surface area contributed by atoms with Crippen LogP contribution in [-0.4, -0.2) is 15.7 Å². The number of thioether (sulfide) groups is 1. The smallest absolute Gasteiger partial charge is 0.255 e. The number of rotatable bonds is 8. The number of benzene rings is 1. The highest BCUT2D eigenvalue weighted by atomic mass is 32.2. The summed E-state index contributed by atoms with van der Waals surface area (Å²) in [6, 6.07) is 8.60. The minimum Gasteiger partial charge on any atom is -0.301 e. The Balaban J connectivity index is 1.65. The number of hydrogen-bond donors (Lipinski definition) is 1. The fraction of sp³-hybridized carbons (Fsp3) is 0.615. The van der Waals surface area contributed by atoms with Gasteiger partial charge in [-0.3, -0.25) is 4.79 Å². The zero-order valence-electron chi connectivity index (χ0n) is 18.6. The van der Waals surface area contributed by atoms with E-state index in [1.165, 1.54) is 69.8 Å². The Bertz CT molecular complexity index is 915. The van der Waals surface area contributed by atoms with Crippen LogP contribution in [0.5, 0.6) is 0 Å². The number of aromatic nitrogens is 2. The molecule has 1 aromatic carbocycles. The van der Waals surface area contributed by atoms with Crippen LogP contribution in [0.15, 0.2) is 34.2 Å². The summed E-state index contributed by atoms with van der Waals surface area (Å²) in [4.78, 5) is 21.6. The van der Waals surface area contributed by atoms with Crippen molar-refractivity contribution in [1.82, 2.24) is 9.97 Å². The van der Waals surface area contributed by atoms with Gasteiger partial charge in [-0.15, -0.1) is 0 Å². The third-order valence-corrected chi connectivity index (χ3v) is 8.25. The molecule has 0 bridgehead atoms. The number of aromatic amines is 1. The quantitative estimate of drug-likeness (QED) is 0.285. The molecule has 162 valence electrons. The molecule has 4 rings (SSSR count). The van der Waals surface area contributed by atoms with Crippen LogP contribution in [0.4, 0.5) is 0 Å². The Kier molecular flexibility index (Phi) is 7.02. The topological polar surface area (TPSA) is 45.8 Å². The van der Waals surface area contributed by atoms with Gasteiger partial charge in [0.05, 0.1) is 11.3 Å². The third-order valence-electron chi connectivity index (χ3n) is 7.29. The molecule has 30 heavy (non-hydrogen) atoms. The van der Waals surface area contributed by atoms with E-state index in [1.54, 1.807) is 11.8 Å². The second-order valence-corrected chi connectivity index (χ2v) is 10.5. The van der Waals surface area contributed by atoms with Crippen molar-refractivity contribution in [1.29, 1.82) is 0 Å². The molecule has 0 aliphatic heterocycles. The first kappa shape index (κ1) is 21.7. The van der Waals surface area contributed by atoms with Crippen LogP contribution in [0.25, 0.3) is 11.3 Å². The van der Waals surface area contributed by atoms with Crippen LogP contribution >= 0.6 is 11.8 Å². The third kappa shape index (κ3) is 4.39. The molecule has 2 aliphatic rings. The highest BCUT2D eigenvalue weighted by molar-refractivity contribution is 7.99. The summed E-state index contributed by atoms with van der Waals surface area (Å²) in [6.07, 6.45) is 13.6. The van der Waals surface area contributed by atoms with Gasteiger partial charge in [-0.05, 0) is 37.2 Å². The average Bonchev–Trinajstić information content (AvgIpc) is 2.76. The highest BCUT2D eigenvalue weighted by Crippen LogP contribution is 2.48. The molecule has 1 saturated carbocycles. The number of fused-ring (bicyclic) bond motifs is 3. The summed E-state index contributed by atoms with van der Waals surface area (Å²) in [5.41, 5.74) is 4.38. The Morgan fingerprint density at radius 3 is 2.67 bits per heavy atom. The molecule has 1 fully saturated rings. The van der Waals surface area contributed by atoms with Gasteiger partial charge in [0, 0.05) is 16.7 Å². The summed E-state index contributed by atoms with van der Waals surface area (Å²) < 4.78 is 0. The van der Waals surface area contributed by atoms with E-state index in [0.29, 0.717) is 5.92 Å². The molecule has 2 aromatic rings. The van der Waals surface area contributed by atoms with Crippen LogP contribution in [0.2, 0.25) is 0 Å². The van der Waals surface area contributed by atoms with Gasteiger partial charge in [0.2, 0.25) is 0 Å². The van der Waals surface area contributed by atoms with Gasteiger partial charge in [0.15, 0.2) is 5.16 Å². The first-order valence-electron chi connectivity index (χ1n) is 12.0. The van der Waals surface area contributed by atoms with Gasteiger partial charge >= 0.3 is 0 Å². The van der Waals surface area contributed by atoms with Gasteiger partial charge in [-0.2, -0.15) is 0 Å². The summed E-state index contributed by atoms with van der Waals surface area (Å²) in [6.45, 7) is 4.57. The molecule has 1 heterocycles. The highest BCUT2D eigenvalue weighted by Gasteiger charge is 2.44. The standard InChI is InChI=1S/C26H36N2OS/c1-3-4-5-6-12-17-30-25-27-23-21-16-11-10-13-19(21)18-26(2,22(23)24(29)28-25)20-14-8-7-9-15-20/h10-11,13,16,20H,3-9,12,14-15,17-18H2,1-2H3,(H,27,28,29). The Labute approximate surface area is 185 Å². The summed E-state index contributed by atoms with van der Waals surface area (Å²) >= 11 is 1.71. The number of nitrogens with zero attached hydrogens (tertiary/aromatic N) is 1. The SMILES string of the molecule is CCCCCCCSc1nc2c(c(=O)[nH]1)C(C)(C1CCCCC1)Cc1ccccc1-2. The molecule has 1 aromatic heterocycles.